The van der Waals surface area contributed by atoms with Crippen molar-refractivity contribution in [2.24, 2.45) is 17.3 Å². The summed E-state index contributed by atoms with van der Waals surface area (Å²) in [6.07, 6.45) is 7.43. The molecule has 2 heteroatoms. The first-order chi connectivity index (χ1) is 11.0. The molecule has 23 heavy (non-hydrogen) atoms. The first-order valence-corrected chi connectivity index (χ1v) is 9.26. The molecule has 0 spiro atoms. The van der Waals surface area contributed by atoms with Gasteiger partial charge in [0.25, 0.3) is 0 Å². The van der Waals surface area contributed by atoms with Gasteiger partial charge in [0.15, 0.2) is 0 Å². The Balaban J connectivity index is 1.66. The van der Waals surface area contributed by atoms with Crippen LogP contribution < -0.4 is 0 Å². The topological polar surface area (TPSA) is 26.3 Å². The van der Waals surface area contributed by atoms with Gasteiger partial charge in [-0.25, -0.2) is 0 Å². The summed E-state index contributed by atoms with van der Waals surface area (Å²) in [5.41, 5.74) is 4.92. The quantitative estimate of drug-likeness (QED) is 0.697. The minimum Gasteiger partial charge on any atom is -0.462 e. The molecule has 0 unspecified atom stereocenters. The van der Waals surface area contributed by atoms with Crippen molar-refractivity contribution >= 4 is 5.97 Å². The highest BCUT2D eigenvalue weighted by Crippen LogP contribution is 2.61. The highest BCUT2D eigenvalue weighted by atomic mass is 16.5. The van der Waals surface area contributed by atoms with E-state index in [2.05, 4.69) is 32.0 Å². The maximum absolute atomic E-state index is 11.5. The maximum atomic E-state index is 11.5. The molecule has 3 aliphatic rings. The van der Waals surface area contributed by atoms with Crippen molar-refractivity contribution in [3.63, 3.8) is 0 Å². The van der Waals surface area contributed by atoms with E-state index < -0.39 is 0 Å². The van der Waals surface area contributed by atoms with Crippen LogP contribution in [-0.2, 0) is 16.0 Å². The molecule has 2 saturated carbocycles. The van der Waals surface area contributed by atoms with E-state index in [4.69, 9.17) is 4.74 Å². The first-order valence-electron chi connectivity index (χ1n) is 9.26. The van der Waals surface area contributed by atoms with Crippen molar-refractivity contribution in [2.45, 2.75) is 71.3 Å². The van der Waals surface area contributed by atoms with Gasteiger partial charge < -0.3 is 4.74 Å². The fraction of sp³-hybridized carbons (Fsp3) is 0.667. The lowest BCUT2D eigenvalue weighted by atomic mass is 9.55. The van der Waals surface area contributed by atoms with Gasteiger partial charge in [0, 0.05) is 12.3 Å². The van der Waals surface area contributed by atoms with Gasteiger partial charge in [-0.3, -0.25) is 4.79 Å². The third kappa shape index (κ3) is 2.25. The number of fused-ring (bicyclic) bond motifs is 5. The molecule has 0 radical (unpaired) electrons. The van der Waals surface area contributed by atoms with Crippen LogP contribution in [0.2, 0.25) is 0 Å². The molecule has 0 amide bonds. The second-order valence-corrected chi connectivity index (χ2v) is 8.28. The van der Waals surface area contributed by atoms with Gasteiger partial charge in [0.2, 0.25) is 0 Å². The normalized spacial score (nSPS) is 38.4. The molecule has 0 aromatic heterocycles. The molecule has 0 N–H and O–H groups in total. The molecule has 0 heterocycles. The average Bonchev–Trinajstić information content (AvgIpc) is 2.83. The zero-order valence-electron chi connectivity index (χ0n) is 14.6. The predicted molar refractivity (Wildman–Crippen MR) is 91.4 cm³/mol. The minimum absolute atomic E-state index is 0.108. The van der Waals surface area contributed by atoms with Gasteiger partial charge in [0.05, 0.1) is 0 Å². The Hall–Kier alpha value is -1.31. The van der Waals surface area contributed by atoms with Crippen molar-refractivity contribution in [2.75, 3.05) is 0 Å². The van der Waals surface area contributed by atoms with Crippen molar-refractivity contribution in [1.82, 2.24) is 0 Å². The number of benzene rings is 1. The number of aryl methyl sites for hydroxylation is 2. The molecule has 1 aromatic rings. The zero-order valence-corrected chi connectivity index (χ0v) is 14.6. The fourth-order valence-electron chi connectivity index (χ4n) is 6.21. The van der Waals surface area contributed by atoms with E-state index in [1.165, 1.54) is 37.7 Å². The van der Waals surface area contributed by atoms with Crippen LogP contribution in [0.3, 0.4) is 0 Å². The van der Waals surface area contributed by atoms with Crippen LogP contribution >= 0.6 is 0 Å². The molecule has 2 fully saturated rings. The van der Waals surface area contributed by atoms with E-state index in [0.29, 0.717) is 0 Å². The number of carbonyl (C=O) groups is 1. The molecule has 2 nitrogen and oxygen atoms in total. The number of hydrogen-bond acceptors (Lipinski definition) is 2. The monoisotopic (exact) mass is 312 g/mol. The highest BCUT2D eigenvalue weighted by Gasteiger charge is 2.56. The van der Waals surface area contributed by atoms with Crippen molar-refractivity contribution in [1.29, 1.82) is 0 Å². The Labute approximate surface area is 139 Å². The standard InChI is InChI=1S/C21H28O2/c1-13-5-4-6-15-7-8-16-17(20(13)15)11-12-21(3)18(16)9-10-19(21)23-14(2)22/h4-6,16-19H,7-12H2,1-3H3/t16-,17+,18+,19+,21+/m1/s1. The third-order valence-electron chi connectivity index (χ3n) is 7.19. The van der Waals surface area contributed by atoms with Crippen LogP contribution in [-0.4, -0.2) is 12.1 Å². The second kappa shape index (κ2) is 5.36. The van der Waals surface area contributed by atoms with Crippen LogP contribution in [0.5, 0.6) is 0 Å². The molecule has 0 aliphatic heterocycles. The number of esters is 1. The minimum atomic E-state index is -0.108. The second-order valence-electron chi connectivity index (χ2n) is 8.28. The van der Waals surface area contributed by atoms with Crippen LogP contribution in [0.4, 0.5) is 0 Å². The molecule has 0 bridgehead atoms. The Kier molecular flexibility index (Phi) is 3.55. The molecular weight excluding hydrogens is 284 g/mol. The lowest BCUT2D eigenvalue weighted by molar-refractivity contribution is -0.154. The first kappa shape index (κ1) is 15.2. The van der Waals surface area contributed by atoms with Crippen LogP contribution in [0.25, 0.3) is 0 Å². The summed E-state index contributed by atoms with van der Waals surface area (Å²) >= 11 is 0. The molecule has 5 atom stereocenters. The van der Waals surface area contributed by atoms with Crippen LogP contribution in [0.15, 0.2) is 18.2 Å². The lowest BCUT2D eigenvalue weighted by Crippen LogP contribution is -2.45. The third-order valence-corrected chi connectivity index (χ3v) is 7.19. The maximum Gasteiger partial charge on any atom is 0.302 e. The number of rotatable bonds is 1. The van der Waals surface area contributed by atoms with Crippen molar-refractivity contribution in [3.05, 3.63) is 34.9 Å². The van der Waals surface area contributed by atoms with Crippen molar-refractivity contribution in [3.8, 4) is 0 Å². The van der Waals surface area contributed by atoms with Crippen LogP contribution in [0, 0.1) is 24.2 Å². The van der Waals surface area contributed by atoms with Gasteiger partial charge in [-0.05, 0) is 79.9 Å². The van der Waals surface area contributed by atoms with Gasteiger partial charge in [0.1, 0.15) is 6.10 Å². The molecule has 124 valence electrons. The average molecular weight is 312 g/mol. The highest BCUT2D eigenvalue weighted by molar-refractivity contribution is 5.66. The Morgan fingerprint density at radius 1 is 1.22 bits per heavy atom. The number of hydrogen-bond donors (Lipinski definition) is 0. The van der Waals surface area contributed by atoms with E-state index >= 15 is 0 Å². The lowest BCUT2D eigenvalue weighted by Gasteiger charge is -2.50. The van der Waals surface area contributed by atoms with E-state index in [1.807, 2.05) is 0 Å². The summed E-state index contributed by atoms with van der Waals surface area (Å²) in [5.74, 6) is 2.12. The van der Waals surface area contributed by atoms with Gasteiger partial charge >= 0.3 is 5.97 Å². The molecule has 4 rings (SSSR count). The number of ether oxygens (including phenoxy) is 1. The van der Waals surface area contributed by atoms with E-state index in [1.54, 1.807) is 18.1 Å². The van der Waals surface area contributed by atoms with E-state index in [0.717, 1.165) is 24.2 Å². The van der Waals surface area contributed by atoms with E-state index in [9.17, 15) is 4.79 Å². The van der Waals surface area contributed by atoms with Gasteiger partial charge in [-0.15, -0.1) is 0 Å². The van der Waals surface area contributed by atoms with Gasteiger partial charge in [-0.1, -0.05) is 25.1 Å². The summed E-state index contributed by atoms with van der Waals surface area (Å²) in [4.78, 5) is 11.5. The SMILES string of the molecule is CC(=O)O[C@H]1CC[C@H]2[C@@H]3CCc4cccc(C)c4[C@H]3CC[C@]12C. The summed E-state index contributed by atoms with van der Waals surface area (Å²) in [5, 5.41) is 0. The van der Waals surface area contributed by atoms with E-state index in [-0.39, 0.29) is 17.5 Å². The van der Waals surface area contributed by atoms with Crippen molar-refractivity contribution < 1.29 is 9.53 Å². The Morgan fingerprint density at radius 3 is 2.83 bits per heavy atom. The molecule has 3 aliphatic carbocycles. The van der Waals surface area contributed by atoms with Crippen LogP contribution in [0.1, 0.15) is 68.6 Å². The molecule has 0 saturated heterocycles. The fourth-order valence-corrected chi connectivity index (χ4v) is 6.21. The predicted octanol–water partition coefficient (Wildman–Crippen LogP) is 4.78. The zero-order chi connectivity index (χ0) is 16.2. The Morgan fingerprint density at radius 2 is 2.04 bits per heavy atom. The smallest absolute Gasteiger partial charge is 0.302 e. The largest absolute Gasteiger partial charge is 0.462 e. The summed E-state index contributed by atoms with van der Waals surface area (Å²) in [7, 11) is 0. The summed E-state index contributed by atoms with van der Waals surface area (Å²) in [6.45, 7) is 6.23. The summed E-state index contributed by atoms with van der Waals surface area (Å²) in [6, 6.07) is 6.84. The number of carbonyl (C=O) groups excluding carboxylic acids is 1. The summed E-state index contributed by atoms with van der Waals surface area (Å²) < 4.78 is 5.72. The molecule has 1 aromatic carbocycles. The van der Waals surface area contributed by atoms with Gasteiger partial charge in [-0.2, -0.15) is 0 Å². The Bertz CT molecular complexity index is 635. The molecular formula is C21H28O2.